The number of nitrogens with one attached hydrogen (secondary N) is 1. The van der Waals surface area contributed by atoms with Crippen LogP contribution in [-0.4, -0.2) is 20.5 Å². The highest BCUT2D eigenvalue weighted by Crippen LogP contribution is 2.39. The molecule has 20 heavy (non-hydrogen) atoms. The van der Waals surface area contributed by atoms with E-state index in [2.05, 4.69) is 4.72 Å². The second-order valence-corrected chi connectivity index (χ2v) is 6.88. The topological polar surface area (TPSA) is 96.0 Å². The van der Waals surface area contributed by atoms with E-state index in [0.717, 1.165) is 18.9 Å². The first-order chi connectivity index (χ1) is 9.34. The summed E-state index contributed by atoms with van der Waals surface area (Å²) in [4.78, 5) is -0.347. The third kappa shape index (κ3) is 2.68. The van der Waals surface area contributed by atoms with E-state index in [-0.39, 0.29) is 17.4 Å². The predicted molar refractivity (Wildman–Crippen MR) is 71.6 cm³/mol. The van der Waals surface area contributed by atoms with E-state index in [1.54, 1.807) is 13.0 Å². The van der Waals surface area contributed by atoms with Crippen LogP contribution in [0.2, 0.25) is 0 Å². The molecule has 0 heterocycles. The van der Waals surface area contributed by atoms with Gasteiger partial charge in [-0.25, -0.2) is 17.5 Å². The molecule has 1 saturated carbocycles. The molecule has 1 aromatic carbocycles. The fourth-order valence-corrected chi connectivity index (χ4v) is 3.85. The van der Waals surface area contributed by atoms with Crippen molar-refractivity contribution in [2.75, 3.05) is 6.54 Å². The molecule has 0 saturated heterocycles. The molecule has 0 spiro atoms. The fraction of sp³-hybridized carbons (Fsp3) is 0.462. The van der Waals surface area contributed by atoms with Crippen LogP contribution in [-0.2, 0) is 10.0 Å². The van der Waals surface area contributed by atoms with Crippen molar-refractivity contribution in [3.05, 3.63) is 29.6 Å². The molecule has 0 aliphatic heterocycles. The summed E-state index contributed by atoms with van der Waals surface area (Å²) in [5, 5.41) is 8.93. The Hall–Kier alpha value is -1.49. The molecule has 5 nitrogen and oxygen atoms in total. The van der Waals surface area contributed by atoms with E-state index in [1.165, 1.54) is 12.1 Å². The van der Waals surface area contributed by atoms with Gasteiger partial charge in [-0.1, -0.05) is 6.07 Å². The Balaban J connectivity index is 2.41. The Morgan fingerprint density at radius 1 is 1.55 bits per heavy atom. The van der Waals surface area contributed by atoms with E-state index >= 15 is 0 Å². The highest BCUT2D eigenvalue weighted by Gasteiger charge is 2.43. The standard InChI is InChI=1S/C13H16FN3O2S/c1-13(8-16,9-5-6-9)17-20(18,19)12-4-2-3-11(14)10(12)7-15/h2-4,9,17H,5-6,8,16H2,1H3. The molecule has 1 aromatic rings. The molecule has 3 N–H and O–H groups in total. The quantitative estimate of drug-likeness (QED) is 0.850. The van der Waals surface area contributed by atoms with Gasteiger partial charge in [0, 0.05) is 12.1 Å². The van der Waals surface area contributed by atoms with Crippen molar-refractivity contribution in [1.82, 2.24) is 4.72 Å². The first-order valence-corrected chi connectivity index (χ1v) is 7.75. The highest BCUT2D eigenvalue weighted by atomic mass is 32.2. The summed E-state index contributed by atoms with van der Waals surface area (Å²) < 4.78 is 40.8. The van der Waals surface area contributed by atoms with Gasteiger partial charge in [-0.3, -0.25) is 0 Å². The van der Waals surface area contributed by atoms with E-state index in [0.29, 0.717) is 0 Å². The molecule has 108 valence electrons. The third-order valence-corrected chi connectivity index (χ3v) is 5.30. The number of nitriles is 1. The minimum atomic E-state index is -3.99. The maximum absolute atomic E-state index is 13.5. The molecule has 0 aromatic heterocycles. The summed E-state index contributed by atoms with van der Waals surface area (Å²) in [6.07, 6.45) is 1.81. The Bertz CT molecular complexity index is 665. The molecule has 7 heteroatoms. The summed E-state index contributed by atoms with van der Waals surface area (Å²) in [6.45, 7) is 1.88. The van der Waals surface area contributed by atoms with Gasteiger partial charge < -0.3 is 5.73 Å². The van der Waals surface area contributed by atoms with Crippen molar-refractivity contribution in [2.45, 2.75) is 30.2 Å². The first-order valence-electron chi connectivity index (χ1n) is 6.27. The molecule has 2 rings (SSSR count). The molecule has 1 unspecified atom stereocenters. The zero-order valence-electron chi connectivity index (χ0n) is 11.1. The van der Waals surface area contributed by atoms with Crippen molar-refractivity contribution < 1.29 is 12.8 Å². The number of nitrogens with two attached hydrogens (primary N) is 1. The van der Waals surface area contributed by atoms with E-state index in [9.17, 15) is 12.8 Å². The number of halogens is 1. The molecule has 1 fully saturated rings. The Morgan fingerprint density at radius 3 is 2.70 bits per heavy atom. The predicted octanol–water partition coefficient (Wildman–Crippen LogP) is 1.10. The lowest BCUT2D eigenvalue weighted by atomic mass is 9.98. The van der Waals surface area contributed by atoms with Crippen LogP contribution in [0.15, 0.2) is 23.1 Å². The van der Waals surface area contributed by atoms with Gasteiger partial charge in [0.15, 0.2) is 0 Å². The van der Waals surface area contributed by atoms with Crippen molar-refractivity contribution in [1.29, 1.82) is 5.26 Å². The van der Waals surface area contributed by atoms with Gasteiger partial charge >= 0.3 is 0 Å². The molecule has 0 radical (unpaired) electrons. The van der Waals surface area contributed by atoms with Crippen LogP contribution >= 0.6 is 0 Å². The number of nitrogens with zero attached hydrogens (tertiary/aromatic N) is 1. The monoisotopic (exact) mass is 297 g/mol. The van der Waals surface area contributed by atoms with Crippen LogP contribution in [0.3, 0.4) is 0 Å². The molecular formula is C13H16FN3O2S. The Morgan fingerprint density at radius 2 is 2.20 bits per heavy atom. The SMILES string of the molecule is CC(CN)(NS(=O)(=O)c1cccc(F)c1C#N)C1CC1. The third-order valence-electron chi connectivity index (χ3n) is 3.65. The highest BCUT2D eigenvalue weighted by molar-refractivity contribution is 7.89. The van der Waals surface area contributed by atoms with Crippen molar-refractivity contribution in [2.24, 2.45) is 11.7 Å². The lowest BCUT2D eigenvalue weighted by Gasteiger charge is -2.29. The average molecular weight is 297 g/mol. The minimum Gasteiger partial charge on any atom is -0.329 e. The first kappa shape index (κ1) is 14.9. The van der Waals surface area contributed by atoms with Crippen molar-refractivity contribution in [3.8, 4) is 6.07 Å². The van der Waals surface area contributed by atoms with Crippen LogP contribution in [0.5, 0.6) is 0 Å². The summed E-state index contributed by atoms with van der Waals surface area (Å²) in [5.41, 5.74) is 4.42. The maximum Gasteiger partial charge on any atom is 0.242 e. The van der Waals surface area contributed by atoms with E-state index < -0.39 is 26.9 Å². The van der Waals surface area contributed by atoms with Gasteiger partial charge in [0.25, 0.3) is 0 Å². The molecule has 0 bridgehead atoms. The van der Waals surface area contributed by atoms with Gasteiger partial charge in [-0.2, -0.15) is 5.26 Å². The summed E-state index contributed by atoms with van der Waals surface area (Å²) in [5.74, 6) is -0.669. The van der Waals surface area contributed by atoms with Crippen molar-refractivity contribution >= 4 is 10.0 Å². The second-order valence-electron chi connectivity index (χ2n) is 5.23. The molecule has 1 atom stereocenters. The zero-order chi connectivity index (χ0) is 15.0. The van der Waals surface area contributed by atoms with Gasteiger partial charge in [-0.05, 0) is 37.8 Å². The van der Waals surface area contributed by atoms with Crippen LogP contribution in [0.25, 0.3) is 0 Å². The molecule has 0 amide bonds. The zero-order valence-corrected chi connectivity index (χ0v) is 11.9. The lowest BCUT2D eigenvalue weighted by Crippen LogP contribution is -2.53. The summed E-state index contributed by atoms with van der Waals surface area (Å²) in [6, 6.07) is 5.13. The minimum absolute atomic E-state index is 0.147. The van der Waals surface area contributed by atoms with Crippen LogP contribution < -0.4 is 10.5 Å². The number of sulfonamides is 1. The molecule has 1 aliphatic rings. The Labute approximate surface area is 117 Å². The summed E-state index contributed by atoms with van der Waals surface area (Å²) >= 11 is 0. The second kappa shape index (κ2) is 5.13. The Kier molecular flexibility index (Phi) is 3.82. The van der Waals surface area contributed by atoms with Crippen LogP contribution in [0, 0.1) is 23.1 Å². The summed E-state index contributed by atoms with van der Waals surface area (Å²) in [7, 11) is -3.99. The fourth-order valence-electron chi connectivity index (χ4n) is 2.21. The number of hydrogen-bond acceptors (Lipinski definition) is 4. The normalized spacial score (nSPS) is 18.3. The maximum atomic E-state index is 13.5. The van der Waals surface area contributed by atoms with Gasteiger partial charge in [0.2, 0.25) is 10.0 Å². The van der Waals surface area contributed by atoms with Crippen LogP contribution in [0.4, 0.5) is 4.39 Å². The van der Waals surface area contributed by atoms with Gasteiger partial charge in [0.1, 0.15) is 22.3 Å². The molecule has 1 aliphatic carbocycles. The smallest absolute Gasteiger partial charge is 0.242 e. The average Bonchev–Trinajstić information content (AvgIpc) is 3.22. The number of benzene rings is 1. The number of rotatable bonds is 5. The van der Waals surface area contributed by atoms with Crippen LogP contribution in [0.1, 0.15) is 25.3 Å². The van der Waals surface area contributed by atoms with E-state index in [4.69, 9.17) is 11.0 Å². The largest absolute Gasteiger partial charge is 0.329 e. The molecular weight excluding hydrogens is 281 g/mol. The number of hydrogen-bond donors (Lipinski definition) is 2. The van der Waals surface area contributed by atoms with Crippen molar-refractivity contribution in [3.63, 3.8) is 0 Å². The van der Waals surface area contributed by atoms with Gasteiger partial charge in [-0.15, -0.1) is 0 Å². The van der Waals surface area contributed by atoms with Gasteiger partial charge in [0.05, 0.1) is 0 Å². The van der Waals surface area contributed by atoms with E-state index in [1.807, 2.05) is 0 Å². The lowest BCUT2D eigenvalue weighted by molar-refractivity contribution is 0.374.